The molecule has 7 atom stereocenters. The molecule has 9 nitrogen and oxygen atoms in total. The highest BCUT2D eigenvalue weighted by Gasteiger charge is 2.55. The van der Waals surface area contributed by atoms with Gasteiger partial charge in [0.1, 0.15) is 35.9 Å². The van der Waals surface area contributed by atoms with Crippen LogP contribution < -0.4 is 0 Å². The van der Waals surface area contributed by atoms with Gasteiger partial charge in [0, 0.05) is 16.5 Å². The number of benzene rings is 4. The third-order valence-electron chi connectivity index (χ3n) is 8.35. The molecule has 2 aliphatic rings. The Morgan fingerprint density at radius 3 is 1.83 bits per heavy atom. The maximum atomic E-state index is 11.9. The SMILES string of the molecule is O=S(=O)(O)O[C@@H]1CO[C@@H](c2ccccc2)O[C@H]1C[S+]1C[C@@H](OCc2ccccc2)[C@H](OCc2ccccc2)[C@H]1COCc1ccccc1. The molecule has 0 saturated carbocycles. The average Bonchev–Trinajstić information content (AvgIpc) is 3.43. The third kappa shape index (κ3) is 9.97. The number of ether oxygens (including phenoxy) is 5. The second-order valence-corrected chi connectivity index (χ2v) is 15.2. The summed E-state index contributed by atoms with van der Waals surface area (Å²) in [5.41, 5.74) is 3.98. The molecule has 0 aromatic heterocycles. The highest BCUT2D eigenvalue weighted by Crippen LogP contribution is 2.35. The minimum atomic E-state index is -4.76. The van der Waals surface area contributed by atoms with Crippen molar-refractivity contribution in [3.05, 3.63) is 144 Å². The number of hydrogen-bond acceptors (Lipinski definition) is 8. The van der Waals surface area contributed by atoms with Crippen molar-refractivity contribution in [3.8, 4) is 0 Å². The fourth-order valence-corrected chi connectivity index (χ4v) is 9.44. The van der Waals surface area contributed by atoms with Crippen LogP contribution in [0, 0.1) is 0 Å². The van der Waals surface area contributed by atoms with E-state index in [1.807, 2.05) is 121 Å². The third-order valence-corrected chi connectivity index (χ3v) is 11.6. The molecule has 11 heteroatoms. The van der Waals surface area contributed by atoms with Crippen molar-refractivity contribution in [3.63, 3.8) is 0 Å². The Bertz CT molecular complexity index is 1630. The van der Waals surface area contributed by atoms with Gasteiger partial charge in [-0.3, -0.25) is 4.55 Å². The molecular formula is C37H41O9S2+. The smallest absolute Gasteiger partial charge is 0.371 e. The fourth-order valence-electron chi connectivity index (χ4n) is 5.97. The van der Waals surface area contributed by atoms with Crippen LogP contribution in [-0.2, 0) is 69.0 Å². The van der Waals surface area contributed by atoms with E-state index in [4.69, 9.17) is 27.9 Å². The van der Waals surface area contributed by atoms with Crippen molar-refractivity contribution >= 4 is 21.3 Å². The predicted molar refractivity (Wildman–Crippen MR) is 183 cm³/mol. The fraction of sp³-hybridized carbons (Fsp3) is 0.351. The molecule has 4 aromatic rings. The Labute approximate surface area is 285 Å². The van der Waals surface area contributed by atoms with Gasteiger partial charge in [-0.2, -0.15) is 8.42 Å². The zero-order valence-corrected chi connectivity index (χ0v) is 28.1. The van der Waals surface area contributed by atoms with Gasteiger partial charge in [0.05, 0.1) is 33.0 Å². The summed E-state index contributed by atoms with van der Waals surface area (Å²) in [6.45, 7) is 1.59. The molecule has 1 N–H and O–H groups in total. The van der Waals surface area contributed by atoms with E-state index in [1.54, 1.807) is 0 Å². The summed E-state index contributed by atoms with van der Waals surface area (Å²) in [5.74, 6) is 1.09. The molecule has 0 amide bonds. The second-order valence-electron chi connectivity index (χ2n) is 11.8. The molecule has 0 aliphatic carbocycles. The first-order chi connectivity index (χ1) is 23.4. The van der Waals surface area contributed by atoms with Gasteiger partial charge in [-0.15, -0.1) is 0 Å². The van der Waals surface area contributed by atoms with Gasteiger partial charge >= 0.3 is 10.4 Å². The monoisotopic (exact) mass is 693 g/mol. The normalized spacial score (nSPS) is 26.0. The number of hydrogen-bond donors (Lipinski definition) is 1. The lowest BCUT2D eigenvalue weighted by Gasteiger charge is -2.35. The topological polar surface area (TPSA) is 110 Å². The van der Waals surface area contributed by atoms with Crippen LogP contribution in [0.3, 0.4) is 0 Å². The zero-order chi connectivity index (χ0) is 33.2. The molecule has 4 aromatic carbocycles. The first kappa shape index (κ1) is 34.8. The lowest BCUT2D eigenvalue weighted by molar-refractivity contribution is -0.245. The molecule has 2 heterocycles. The van der Waals surface area contributed by atoms with Crippen LogP contribution in [-0.4, -0.2) is 67.4 Å². The van der Waals surface area contributed by atoms with E-state index < -0.39 is 39.8 Å². The molecule has 48 heavy (non-hydrogen) atoms. The summed E-state index contributed by atoms with van der Waals surface area (Å²) in [6.07, 6.45) is -3.02. The molecule has 2 fully saturated rings. The van der Waals surface area contributed by atoms with Crippen LogP contribution in [0.15, 0.2) is 121 Å². The molecule has 6 rings (SSSR count). The molecule has 0 spiro atoms. The summed E-state index contributed by atoms with van der Waals surface area (Å²) in [6, 6.07) is 39.5. The Kier molecular flexibility index (Phi) is 12.3. The van der Waals surface area contributed by atoms with Crippen LogP contribution in [0.2, 0.25) is 0 Å². The maximum Gasteiger partial charge on any atom is 0.397 e. The van der Waals surface area contributed by atoms with E-state index in [-0.39, 0.29) is 24.1 Å². The first-order valence-corrected chi connectivity index (χ1v) is 19.0. The molecular weight excluding hydrogens is 653 g/mol. The van der Waals surface area contributed by atoms with Gasteiger partial charge in [-0.25, -0.2) is 4.18 Å². The van der Waals surface area contributed by atoms with E-state index in [0.29, 0.717) is 37.9 Å². The van der Waals surface area contributed by atoms with Crippen LogP contribution in [0.5, 0.6) is 0 Å². The maximum absolute atomic E-state index is 11.9. The minimum Gasteiger partial charge on any atom is -0.371 e. The second kappa shape index (κ2) is 17.0. The van der Waals surface area contributed by atoms with E-state index in [0.717, 1.165) is 22.3 Å². The highest BCUT2D eigenvalue weighted by atomic mass is 32.3. The van der Waals surface area contributed by atoms with E-state index >= 15 is 0 Å². The average molecular weight is 694 g/mol. The van der Waals surface area contributed by atoms with Crippen LogP contribution in [0.25, 0.3) is 0 Å². The lowest BCUT2D eigenvalue weighted by atomic mass is 10.1. The first-order valence-electron chi connectivity index (χ1n) is 16.0. The minimum absolute atomic E-state index is 0.0712. The van der Waals surface area contributed by atoms with Crippen molar-refractivity contribution < 1.29 is 40.8 Å². The van der Waals surface area contributed by atoms with Crippen LogP contribution in [0.1, 0.15) is 28.5 Å². The molecule has 254 valence electrons. The van der Waals surface area contributed by atoms with Crippen molar-refractivity contribution in [1.29, 1.82) is 0 Å². The van der Waals surface area contributed by atoms with Crippen molar-refractivity contribution in [1.82, 2.24) is 0 Å². The van der Waals surface area contributed by atoms with Gasteiger partial charge in [0.15, 0.2) is 11.5 Å². The van der Waals surface area contributed by atoms with E-state index in [9.17, 15) is 13.0 Å². The number of rotatable bonds is 15. The van der Waals surface area contributed by atoms with E-state index in [1.165, 1.54) is 0 Å². The summed E-state index contributed by atoms with van der Waals surface area (Å²) >= 11 is 0. The summed E-state index contributed by atoms with van der Waals surface area (Å²) in [5, 5.41) is -0.0915. The summed E-state index contributed by atoms with van der Waals surface area (Å²) in [7, 11) is -5.19. The van der Waals surface area contributed by atoms with Gasteiger partial charge in [-0.1, -0.05) is 121 Å². The summed E-state index contributed by atoms with van der Waals surface area (Å²) in [4.78, 5) is 0. The van der Waals surface area contributed by atoms with Gasteiger partial charge < -0.3 is 23.7 Å². The van der Waals surface area contributed by atoms with Crippen molar-refractivity contribution in [2.75, 3.05) is 24.7 Å². The Morgan fingerprint density at radius 1 is 0.708 bits per heavy atom. The largest absolute Gasteiger partial charge is 0.397 e. The van der Waals surface area contributed by atoms with Crippen molar-refractivity contribution in [2.24, 2.45) is 0 Å². The molecule has 0 radical (unpaired) electrons. The van der Waals surface area contributed by atoms with E-state index in [2.05, 4.69) is 0 Å². The molecule has 2 saturated heterocycles. The Hall–Kier alpha value is -3.10. The van der Waals surface area contributed by atoms with Gasteiger partial charge in [-0.05, 0) is 16.7 Å². The van der Waals surface area contributed by atoms with Gasteiger partial charge in [0.2, 0.25) is 0 Å². The Morgan fingerprint density at radius 2 is 1.25 bits per heavy atom. The lowest BCUT2D eigenvalue weighted by Crippen LogP contribution is -2.48. The van der Waals surface area contributed by atoms with Crippen molar-refractivity contribution in [2.45, 2.75) is 55.8 Å². The van der Waals surface area contributed by atoms with Crippen LogP contribution >= 0.6 is 0 Å². The van der Waals surface area contributed by atoms with Crippen LogP contribution in [0.4, 0.5) is 0 Å². The molecule has 2 aliphatic heterocycles. The predicted octanol–water partition coefficient (Wildman–Crippen LogP) is 5.68. The Balaban J connectivity index is 1.26. The summed E-state index contributed by atoms with van der Waals surface area (Å²) < 4.78 is 70.4. The quantitative estimate of drug-likeness (QED) is 0.124. The van der Waals surface area contributed by atoms with Gasteiger partial charge in [0.25, 0.3) is 0 Å². The highest BCUT2D eigenvalue weighted by molar-refractivity contribution is 7.97. The molecule has 0 bridgehead atoms. The standard InChI is InChI=1S/C37H40O9S2/c38-48(39,40)46-32-24-44-37(31-19-11-4-12-20-31)45-33(32)26-47-27-34(42-22-29-15-7-2-8-16-29)36(43-23-30-17-9-3-10-18-30)35(47)25-41-21-28-13-5-1-6-14-28/h1-20,32-37H,21-27H2/p+1/t32-,33+,34-,35-,36+,37-,47?/m1/s1. The molecule has 1 unspecified atom stereocenters. The zero-order valence-electron chi connectivity index (χ0n) is 26.5.